The molecular formula is C18H16O4. The normalized spacial score (nSPS) is 12.6. The standard InChI is InChI=1S/C18H16O4/c19-17(20)12-16(18(21)22)15(14-9-5-2-6-10-14)11-13-7-3-1-4-8-13/h1-11,16H,12H2,(H,19,20)(H,21,22)/b15-11+/t16-/m1/s1. The monoisotopic (exact) mass is 296 g/mol. The molecule has 0 heterocycles. The molecule has 0 bridgehead atoms. The fourth-order valence-corrected chi connectivity index (χ4v) is 2.25. The zero-order valence-electron chi connectivity index (χ0n) is 11.8. The van der Waals surface area contributed by atoms with Crippen LogP contribution in [0.25, 0.3) is 11.6 Å². The van der Waals surface area contributed by atoms with Crippen LogP contribution in [-0.2, 0) is 9.59 Å². The quantitative estimate of drug-likeness (QED) is 0.801. The first kappa shape index (κ1) is 15.5. The first-order valence-electron chi connectivity index (χ1n) is 6.84. The number of hydrogen-bond donors (Lipinski definition) is 2. The lowest BCUT2D eigenvalue weighted by molar-refractivity contribution is -0.146. The Labute approximate surface area is 128 Å². The molecule has 0 aliphatic heterocycles. The van der Waals surface area contributed by atoms with Gasteiger partial charge in [0.2, 0.25) is 0 Å². The fourth-order valence-electron chi connectivity index (χ4n) is 2.25. The summed E-state index contributed by atoms with van der Waals surface area (Å²) in [7, 11) is 0. The molecule has 0 amide bonds. The Balaban J connectivity index is 2.52. The second kappa shape index (κ2) is 7.22. The maximum Gasteiger partial charge on any atom is 0.311 e. The highest BCUT2D eigenvalue weighted by atomic mass is 16.4. The topological polar surface area (TPSA) is 74.6 Å². The SMILES string of the molecule is O=C(O)C[C@@H](C(=O)O)/C(=C/c1ccccc1)c1ccccc1. The van der Waals surface area contributed by atoms with Gasteiger partial charge in [-0.3, -0.25) is 9.59 Å². The Hall–Kier alpha value is -2.88. The van der Waals surface area contributed by atoms with Crippen molar-refractivity contribution >= 4 is 23.6 Å². The predicted octanol–water partition coefficient (Wildman–Crippen LogP) is 3.40. The first-order valence-corrected chi connectivity index (χ1v) is 6.84. The van der Waals surface area contributed by atoms with Gasteiger partial charge in [0.05, 0.1) is 12.3 Å². The zero-order valence-corrected chi connectivity index (χ0v) is 11.8. The van der Waals surface area contributed by atoms with Gasteiger partial charge in [0.1, 0.15) is 0 Å². The van der Waals surface area contributed by atoms with Crippen molar-refractivity contribution in [3.05, 3.63) is 71.8 Å². The van der Waals surface area contributed by atoms with Crippen LogP contribution < -0.4 is 0 Å². The van der Waals surface area contributed by atoms with Crippen LogP contribution >= 0.6 is 0 Å². The Morgan fingerprint density at radius 1 is 0.909 bits per heavy atom. The second-order valence-corrected chi connectivity index (χ2v) is 4.87. The molecule has 0 fully saturated rings. The molecule has 2 N–H and O–H groups in total. The van der Waals surface area contributed by atoms with Gasteiger partial charge in [-0.15, -0.1) is 0 Å². The average molecular weight is 296 g/mol. The van der Waals surface area contributed by atoms with Crippen LogP contribution in [0.1, 0.15) is 17.5 Å². The molecule has 0 aliphatic carbocycles. The van der Waals surface area contributed by atoms with Crippen molar-refractivity contribution in [3.8, 4) is 0 Å². The number of hydrogen-bond acceptors (Lipinski definition) is 2. The summed E-state index contributed by atoms with van der Waals surface area (Å²) in [5.74, 6) is -3.38. The number of aliphatic carboxylic acids is 2. The average Bonchev–Trinajstić information content (AvgIpc) is 2.52. The van der Waals surface area contributed by atoms with E-state index in [-0.39, 0.29) is 0 Å². The molecule has 0 spiro atoms. The van der Waals surface area contributed by atoms with Crippen molar-refractivity contribution in [2.45, 2.75) is 6.42 Å². The van der Waals surface area contributed by atoms with E-state index in [9.17, 15) is 14.7 Å². The van der Waals surface area contributed by atoms with Crippen LogP contribution in [-0.4, -0.2) is 22.2 Å². The van der Waals surface area contributed by atoms with Gasteiger partial charge in [-0.25, -0.2) is 0 Å². The molecule has 4 nitrogen and oxygen atoms in total. The Bertz CT molecular complexity index is 675. The lowest BCUT2D eigenvalue weighted by atomic mass is 9.88. The molecule has 22 heavy (non-hydrogen) atoms. The summed E-state index contributed by atoms with van der Waals surface area (Å²) in [5.41, 5.74) is 2.03. The Morgan fingerprint density at radius 3 is 1.95 bits per heavy atom. The summed E-state index contributed by atoms with van der Waals surface area (Å²) in [6.45, 7) is 0. The molecule has 2 aromatic rings. The van der Waals surface area contributed by atoms with Gasteiger partial charge >= 0.3 is 11.9 Å². The van der Waals surface area contributed by atoms with Gasteiger partial charge in [-0.1, -0.05) is 66.7 Å². The Kier molecular flexibility index (Phi) is 5.09. The van der Waals surface area contributed by atoms with Crippen molar-refractivity contribution in [1.82, 2.24) is 0 Å². The molecule has 0 radical (unpaired) electrons. The summed E-state index contributed by atoms with van der Waals surface area (Å²) in [6, 6.07) is 18.3. The summed E-state index contributed by atoms with van der Waals surface area (Å²) in [5, 5.41) is 18.4. The maximum atomic E-state index is 11.5. The lowest BCUT2D eigenvalue weighted by Crippen LogP contribution is -2.19. The van der Waals surface area contributed by atoms with Crippen molar-refractivity contribution in [2.24, 2.45) is 5.92 Å². The highest BCUT2D eigenvalue weighted by Crippen LogP contribution is 2.29. The molecule has 0 unspecified atom stereocenters. The Morgan fingerprint density at radius 2 is 1.45 bits per heavy atom. The van der Waals surface area contributed by atoms with Crippen molar-refractivity contribution in [2.75, 3.05) is 0 Å². The molecule has 1 atom stereocenters. The third kappa shape index (κ3) is 4.06. The number of benzene rings is 2. The molecule has 2 rings (SSSR count). The largest absolute Gasteiger partial charge is 0.481 e. The van der Waals surface area contributed by atoms with Gasteiger partial charge in [0, 0.05) is 0 Å². The minimum atomic E-state index is -1.14. The highest BCUT2D eigenvalue weighted by molar-refractivity contribution is 5.96. The number of carboxylic acids is 2. The molecule has 112 valence electrons. The lowest BCUT2D eigenvalue weighted by Gasteiger charge is -2.15. The minimum absolute atomic E-state index is 0.455. The third-order valence-electron chi connectivity index (χ3n) is 3.28. The van der Waals surface area contributed by atoms with Gasteiger partial charge in [0.15, 0.2) is 0 Å². The number of rotatable bonds is 6. The molecule has 0 saturated carbocycles. The molecule has 0 saturated heterocycles. The number of carboxylic acid groups (broad SMARTS) is 2. The van der Waals surface area contributed by atoms with Crippen LogP contribution in [0.2, 0.25) is 0 Å². The van der Waals surface area contributed by atoms with Crippen LogP contribution in [0.15, 0.2) is 60.7 Å². The third-order valence-corrected chi connectivity index (χ3v) is 3.28. The fraction of sp³-hybridized carbons (Fsp3) is 0.111. The van der Waals surface area contributed by atoms with Crippen LogP contribution in [0, 0.1) is 5.92 Å². The first-order chi connectivity index (χ1) is 10.6. The van der Waals surface area contributed by atoms with E-state index in [0.717, 1.165) is 5.56 Å². The van der Waals surface area contributed by atoms with E-state index in [0.29, 0.717) is 11.1 Å². The van der Waals surface area contributed by atoms with Gasteiger partial charge in [-0.05, 0) is 16.7 Å². The molecular weight excluding hydrogens is 280 g/mol. The van der Waals surface area contributed by atoms with Crippen LogP contribution in [0.3, 0.4) is 0 Å². The van der Waals surface area contributed by atoms with E-state index in [1.54, 1.807) is 30.3 Å². The van der Waals surface area contributed by atoms with E-state index < -0.39 is 24.3 Å². The smallest absolute Gasteiger partial charge is 0.311 e. The molecule has 2 aromatic carbocycles. The van der Waals surface area contributed by atoms with Crippen molar-refractivity contribution in [1.29, 1.82) is 0 Å². The molecule has 0 aliphatic rings. The summed E-state index contributed by atoms with van der Waals surface area (Å²) < 4.78 is 0. The van der Waals surface area contributed by atoms with Crippen LogP contribution in [0.4, 0.5) is 0 Å². The van der Waals surface area contributed by atoms with E-state index in [4.69, 9.17) is 5.11 Å². The zero-order chi connectivity index (χ0) is 15.9. The minimum Gasteiger partial charge on any atom is -0.481 e. The van der Waals surface area contributed by atoms with E-state index in [1.807, 2.05) is 36.4 Å². The molecule has 4 heteroatoms. The van der Waals surface area contributed by atoms with E-state index in [2.05, 4.69) is 0 Å². The van der Waals surface area contributed by atoms with Crippen molar-refractivity contribution in [3.63, 3.8) is 0 Å². The second-order valence-electron chi connectivity index (χ2n) is 4.87. The van der Waals surface area contributed by atoms with Gasteiger partial charge in [0.25, 0.3) is 0 Å². The summed E-state index contributed by atoms with van der Waals surface area (Å²) in [4.78, 5) is 22.5. The maximum absolute atomic E-state index is 11.5. The van der Waals surface area contributed by atoms with Crippen molar-refractivity contribution < 1.29 is 19.8 Å². The van der Waals surface area contributed by atoms with Crippen LogP contribution in [0.5, 0.6) is 0 Å². The highest BCUT2D eigenvalue weighted by Gasteiger charge is 2.26. The predicted molar refractivity (Wildman–Crippen MR) is 84.1 cm³/mol. The van der Waals surface area contributed by atoms with E-state index >= 15 is 0 Å². The van der Waals surface area contributed by atoms with E-state index in [1.165, 1.54) is 0 Å². The van der Waals surface area contributed by atoms with Gasteiger partial charge in [-0.2, -0.15) is 0 Å². The molecule has 0 aromatic heterocycles. The van der Waals surface area contributed by atoms with Gasteiger partial charge < -0.3 is 10.2 Å². The number of carbonyl (C=O) groups is 2. The summed E-state index contributed by atoms with van der Waals surface area (Å²) in [6.07, 6.45) is 1.28. The summed E-state index contributed by atoms with van der Waals surface area (Å²) >= 11 is 0.